The molecule has 0 radical (unpaired) electrons. The number of nitrogens with one attached hydrogen (secondary N) is 1. The first-order valence-electron chi connectivity index (χ1n) is 3.90. The van der Waals surface area contributed by atoms with E-state index in [-0.39, 0.29) is 11.8 Å². The lowest BCUT2D eigenvalue weighted by Crippen LogP contribution is -2.17. The van der Waals surface area contributed by atoms with Crippen LogP contribution in [0.5, 0.6) is 0 Å². The molecule has 1 amide bonds. The molecule has 0 aliphatic carbocycles. The van der Waals surface area contributed by atoms with Gasteiger partial charge in [-0.3, -0.25) is 4.79 Å². The fourth-order valence-corrected chi connectivity index (χ4v) is 1.56. The molecule has 1 N–H and O–H groups in total. The van der Waals surface area contributed by atoms with Gasteiger partial charge in [0.1, 0.15) is 0 Å². The van der Waals surface area contributed by atoms with Gasteiger partial charge in [-0.25, -0.2) is 0 Å². The van der Waals surface area contributed by atoms with Crippen molar-refractivity contribution in [2.45, 2.75) is 20.8 Å². The Kier molecular flexibility index (Phi) is 1.97. The maximum absolute atomic E-state index is 11.0. The Bertz CT molecular complexity index is 142. The highest BCUT2D eigenvalue weighted by Gasteiger charge is 2.32. The summed E-state index contributed by atoms with van der Waals surface area (Å²) in [5.74, 6) is 1.61. The van der Waals surface area contributed by atoms with Gasteiger partial charge in [0.05, 0.1) is 0 Å². The first-order valence-corrected chi connectivity index (χ1v) is 3.90. The molecule has 2 heteroatoms. The third kappa shape index (κ3) is 1.15. The summed E-state index contributed by atoms with van der Waals surface area (Å²) in [4.78, 5) is 11.0. The van der Waals surface area contributed by atoms with Crippen molar-refractivity contribution < 1.29 is 4.79 Å². The number of amides is 1. The zero-order valence-corrected chi connectivity index (χ0v) is 6.85. The molecule has 1 aliphatic rings. The monoisotopic (exact) mass is 141 g/mol. The van der Waals surface area contributed by atoms with E-state index in [1.807, 2.05) is 6.92 Å². The van der Waals surface area contributed by atoms with E-state index in [0.29, 0.717) is 11.8 Å². The lowest BCUT2D eigenvalue weighted by atomic mass is 9.87. The lowest BCUT2D eigenvalue weighted by Gasteiger charge is -2.15. The number of hydrogen-bond donors (Lipinski definition) is 1. The van der Waals surface area contributed by atoms with Crippen LogP contribution in [-0.4, -0.2) is 12.5 Å². The Morgan fingerprint density at radius 3 is 2.40 bits per heavy atom. The second kappa shape index (κ2) is 2.60. The van der Waals surface area contributed by atoms with Crippen molar-refractivity contribution in [3.63, 3.8) is 0 Å². The van der Waals surface area contributed by atoms with Gasteiger partial charge in [0.2, 0.25) is 5.91 Å². The molecule has 0 unspecified atom stereocenters. The molecule has 1 aliphatic heterocycles. The van der Waals surface area contributed by atoms with Gasteiger partial charge in [0.25, 0.3) is 0 Å². The molecule has 1 fully saturated rings. The smallest absolute Gasteiger partial charge is 0.223 e. The lowest BCUT2D eigenvalue weighted by molar-refractivity contribution is -0.122. The molecule has 2 nitrogen and oxygen atoms in total. The molecular formula is C8H15NO. The minimum Gasteiger partial charge on any atom is -0.356 e. The van der Waals surface area contributed by atoms with Crippen LogP contribution in [0, 0.1) is 17.8 Å². The zero-order valence-electron chi connectivity index (χ0n) is 6.85. The first-order chi connectivity index (χ1) is 4.63. The Hall–Kier alpha value is -0.530. The Labute approximate surface area is 62.0 Å². The maximum atomic E-state index is 11.0. The molecule has 0 spiro atoms. The third-order valence-electron chi connectivity index (χ3n) is 2.42. The number of carbonyl (C=O) groups excluding carboxylic acids is 1. The largest absolute Gasteiger partial charge is 0.356 e. The van der Waals surface area contributed by atoms with E-state index in [2.05, 4.69) is 19.2 Å². The van der Waals surface area contributed by atoms with E-state index in [0.717, 1.165) is 6.54 Å². The molecule has 0 aromatic carbocycles. The number of carbonyl (C=O) groups is 1. The van der Waals surface area contributed by atoms with Gasteiger partial charge >= 0.3 is 0 Å². The van der Waals surface area contributed by atoms with Gasteiger partial charge in [-0.2, -0.15) is 0 Å². The van der Waals surface area contributed by atoms with Crippen molar-refractivity contribution >= 4 is 5.91 Å². The van der Waals surface area contributed by atoms with Gasteiger partial charge in [-0.05, 0) is 11.8 Å². The van der Waals surface area contributed by atoms with Crippen molar-refractivity contribution in [1.82, 2.24) is 5.32 Å². The molecule has 0 saturated carbocycles. The molecule has 0 aromatic heterocycles. The molecule has 58 valence electrons. The summed E-state index contributed by atoms with van der Waals surface area (Å²) in [5, 5.41) is 2.86. The summed E-state index contributed by atoms with van der Waals surface area (Å²) in [6.07, 6.45) is 0. The van der Waals surface area contributed by atoms with Crippen LogP contribution in [0.15, 0.2) is 0 Å². The summed E-state index contributed by atoms with van der Waals surface area (Å²) in [6.45, 7) is 7.22. The van der Waals surface area contributed by atoms with E-state index >= 15 is 0 Å². The van der Waals surface area contributed by atoms with Gasteiger partial charge in [-0.15, -0.1) is 0 Å². The van der Waals surface area contributed by atoms with Crippen molar-refractivity contribution in [3.05, 3.63) is 0 Å². The van der Waals surface area contributed by atoms with E-state index in [1.165, 1.54) is 0 Å². The quantitative estimate of drug-likeness (QED) is 0.580. The Balaban J connectivity index is 2.57. The van der Waals surface area contributed by atoms with E-state index < -0.39 is 0 Å². The van der Waals surface area contributed by atoms with Crippen LogP contribution in [0.1, 0.15) is 20.8 Å². The highest BCUT2D eigenvalue weighted by Crippen LogP contribution is 2.24. The average Bonchev–Trinajstić information content (AvgIpc) is 2.14. The van der Waals surface area contributed by atoms with Crippen LogP contribution < -0.4 is 5.32 Å². The normalized spacial score (nSPS) is 33.0. The molecule has 2 atom stereocenters. The van der Waals surface area contributed by atoms with Crippen molar-refractivity contribution in [1.29, 1.82) is 0 Å². The predicted octanol–water partition coefficient (Wildman–Crippen LogP) is 1.02. The van der Waals surface area contributed by atoms with Crippen molar-refractivity contribution in [2.24, 2.45) is 17.8 Å². The highest BCUT2D eigenvalue weighted by molar-refractivity contribution is 5.80. The first kappa shape index (κ1) is 7.58. The standard InChI is InChI=1S/C8H15NO/c1-5(2)7-4-9-8(10)6(7)3/h5-7H,4H2,1-3H3,(H,9,10)/t6-,7-/m1/s1. The minimum atomic E-state index is 0.221. The molecule has 1 rings (SSSR count). The highest BCUT2D eigenvalue weighted by atomic mass is 16.2. The fourth-order valence-electron chi connectivity index (χ4n) is 1.56. The van der Waals surface area contributed by atoms with Crippen LogP contribution >= 0.6 is 0 Å². The fraction of sp³-hybridized carbons (Fsp3) is 0.875. The second-order valence-corrected chi connectivity index (χ2v) is 3.44. The Morgan fingerprint density at radius 2 is 2.20 bits per heavy atom. The summed E-state index contributed by atoms with van der Waals surface area (Å²) < 4.78 is 0. The minimum absolute atomic E-state index is 0.221. The Morgan fingerprint density at radius 1 is 1.60 bits per heavy atom. The average molecular weight is 141 g/mol. The number of rotatable bonds is 1. The predicted molar refractivity (Wildman–Crippen MR) is 40.5 cm³/mol. The van der Waals surface area contributed by atoms with Gasteiger partial charge in [0.15, 0.2) is 0 Å². The van der Waals surface area contributed by atoms with Crippen LogP contribution in [0.2, 0.25) is 0 Å². The molecular weight excluding hydrogens is 126 g/mol. The summed E-state index contributed by atoms with van der Waals surface area (Å²) in [7, 11) is 0. The molecule has 10 heavy (non-hydrogen) atoms. The van der Waals surface area contributed by atoms with E-state index in [9.17, 15) is 4.79 Å². The van der Waals surface area contributed by atoms with Crippen LogP contribution in [-0.2, 0) is 4.79 Å². The number of hydrogen-bond acceptors (Lipinski definition) is 1. The van der Waals surface area contributed by atoms with Gasteiger partial charge in [-0.1, -0.05) is 20.8 Å². The summed E-state index contributed by atoms with van der Waals surface area (Å²) >= 11 is 0. The molecule has 1 saturated heterocycles. The SMILES string of the molecule is CC(C)[C@H]1CNC(=O)[C@@H]1C. The molecule has 1 heterocycles. The van der Waals surface area contributed by atoms with E-state index in [4.69, 9.17) is 0 Å². The van der Waals surface area contributed by atoms with Gasteiger partial charge < -0.3 is 5.32 Å². The van der Waals surface area contributed by atoms with Crippen molar-refractivity contribution in [2.75, 3.05) is 6.54 Å². The maximum Gasteiger partial charge on any atom is 0.223 e. The summed E-state index contributed by atoms with van der Waals surface area (Å²) in [6, 6.07) is 0. The third-order valence-corrected chi connectivity index (χ3v) is 2.42. The van der Waals surface area contributed by atoms with Crippen LogP contribution in [0.3, 0.4) is 0 Å². The van der Waals surface area contributed by atoms with E-state index in [1.54, 1.807) is 0 Å². The van der Waals surface area contributed by atoms with Crippen LogP contribution in [0.25, 0.3) is 0 Å². The van der Waals surface area contributed by atoms with Crippen molar-refractivity contribution in [3.8, 4) is 0 Å². The summed E-state index contributed by atoms with van der Waals surface area (Å²) in [5.41, 5.74) is 0. The zero-order chi connectivity index (χ0) is 7.72. The van der Waals surface area contributed by atoms with Crippen LogP contribution in [0.4, 0.5) is 0 Å². The molecule has 0 aromatic rings. The van der Waals surface area contributed by atoms with Gasteiger partial charge in [0, 0.05) is 12.5 Å². The topological polar surface area (TPSA) is 29.1 Å². The molecule has 0 bridgehead atoms. The second-order valence-electron chi connectivity index (χ2n) is 3.44.